The molecule has 4 heteroatoms. The van der Waals surface area contributed by atoms with Crippen LogP contribution in [0, 0.1) is 11.3 Å². The van der Waals surface area contributed by atoms with Crippen LogP contribution in [-0.4, -0.2) is 18.6 Å². The highest BCUT2D eigenvalue weighted by atomic mass is 16.5. The Hall–Kier alpha value is -3.06. The van der Waals surface area contributed by atoms with Gasteiger partial charge in [-0.2, -0.15) is 5.26 Å². The lowest BCUT2D eigenvalue weighted by molar-refractivity contribution is 0.414. The van der Waals surface area contributed by atoms with E-state index in [0.717, 1.165) is 35.3 Å². The molecule has 2 aromatic carbocycles. The van der Waals surface area contributed by atoms with E-state index >= 15 is 0 Å². The van der Waals surface area contributed by atoms with Crippen molar-refractivity contribution in [2.24, 2.45) is 0 Å². The molecule has 23 heavy (non-hydrogen) atoms. The largest absolute Gasteiger partial charge is 0.497 e. The Morgan fingerprint density at radius 2 is 1.91 bits per heavy atom. The van der Waals surface area contributed by atoms with Gasteiger partial charge in [0.25, 0.3) is 0 Å². The standard InChI is InChI=1S/C19H17N3O/c1-23-16-8-6-14(7-9-16)10-11-21-19-15(12-20)13-22-18-5-3-2-4-17(18)19/h2-9,13H,10-11H2,1H3,(H,21,22). The summed E-state index contributed by atoms with van der Waals surface area (Å²) in [5, 5.41) is 13.7. The highest BCUT2D eigenvalue weighted by Gasteiger charge is 2.07. The fourth-order valence-corrected chi connectivity index (χ4v) is 2.54. The normalized spacial score (nSPS) is 10.3. The molecule has 0 aliphatic rings. The molecule has 1 aromatic heterocycles. The summed E-state index contributed by atoms with van der Waals surface area (Å²) in [5.74, 6) is 0.855. The van der Waals surface area contributed by atoms with Crippen LogP contribution in [0.3, 0.4) is 0 Å². The molecule has 0 bridgehead atoms. The van der Waals surface area contributed by atoms with Crippen molar-refractivity contribution in [1.29, 1.82) is 5.26 Å². The van der Waals surface area contributed by atoms with Crippen molar-refractivity contribution in [2.75, 3.05) is 19.0 Å². The average molecular weight is 303 g/mol. The zero-order valence-corrected chi connectivity index (χ0v) is 12.9. The number of nitrogens with zero attached hydrogens (tertiary/aromatic N) is 2. The number of aromatic nitrogens is 1. The number of hydrogen-bond acceptors (Lipinski definition) is 4. The predicted molar refractivity (Wildman–Crippen MR) is 91.6 cm³/mol. The lowest BCUT2D eigenvalue weighted by Gasteiger charge is -2.11. The summed E-state index contributed by atoms with van der Waals surface area (Å²) in [6.45, 7) is 0.745. The summed E-state index contributed by atoms with van der Waals surface area (Å²) in [6, 6.07) is 18.1. The van der Waals surface area contributed by atoms with Gasteiger partial charge in [-0.15, -0.1) is 0 Å². The molecule has 0 aliphatic carbocycles. The van der Waals surface area contributed by atoms with E-state index in [9.17, 15) is 5.26 Å². The molecule has 114 valence electrons. The van der Waals surface area contributed by atoms with Gasteiger partial charge in [0.15, 0.2) is 0 Å². The number of para-hydroxylation sites is 1. The van der Waals surface area contributed by atoms with Gasteiger partial charge in [-0.05, 0) is 30.2 Å². The molecule has 0 unspecified atom stereocenters. The van der Waals surface area contributed by atoms with E-state index < -0.39 is 0 Å². The number of nitrogens with one attached hydrogen (secondary N) is 1. The maximum absolute atomic E-state index is 9.31. The Morgan fingerprint density at radius 3 is 2.65 bits per heavy atom. The molecule has 3 rings (SSSR count). The Bertz CT molecular complexity index is 851. The average Bonchev–Trinajstić information content (AvgIpc) is 2.62. The van der Waals surface area contributed by atoms with Crippen molar-refractivity contribution in [2.45, 2.75) is 6.42 Å². The Kier molecular flexibility index (Phi) is 4.39. The summed E-state index contributed by atoms with van der Waals surface area (Å²) >= 11 is 0. The van der Waals surface area contributed by atoms with E-state index in [-0.39, 0.29) is 0 Å². The molecule has 0 amide bonds. The SMILES string of the molecule is COc1ccc(CCNc2c(C#N)cnc3ccccc23)cc1. The Labute approximate surface area is 135 Å². The predicted octanol–water partition coefficient (Wildman–Crippen LogP) is 3.77. The first-order chi connectivity index (χ1) is 11.3. The second-order valence-electron chi connectivity index (χ2n) is 5.20. The summed E-state index contributed by atoms with van der Waals surface area (Å²) in [4.78, 5) is 4.32. The van der Waals surface area contributed by atoms with E-state index in [1.807, 2.05) is 36.4 Å². The number of fused-ring (bicyclic) bond motifs is 1. The minimum absolute atomic E-state index is 0.568. The molecular weight excluding hydrogens is 286 g/mol. The second-order valence-corrected chi connectivity index (χ2v) is 5.20. The molecule has 0 aliphatic heterocycles. The number of pyridine rings is 1. The van der Waals surface area contributed by atoms with Gasteiger partial charge >= 0.3 is 0 Å². The molecule has 1 N–H and O–H groups in total. The molecule has 0 atom stereocenters. The first-order valence-corrected chi connectivity index (χ1v) is 7.46. The van der Waals surface area contributed by atoms with Gasteiger partial charge in [-0.3, -0.25) is 4.98 Å². The lowest BCUT2D eigenvalue weighted by atomic mass is 10.1. The van der Waals surface area contributed by atoms with Gasteiger partial charge < -0.3 is 10.1 Å². The fourth-order valence-electron chi connectivity index (χ4n) is 2.54. The minimum atomic E-state index is 0.568. The van der Waals surface area contributed by atoms with E-state index in [0.29, 0.717) is 5.56 Å². The van der Waals surface area contributed by atoms with Crippen LogP contribution in [0.2, 0.25) is 0 Å². The van der Waals surface area contributed by atoms with Crippen molar-refractivity contribution >= 4 is 16.6 Å². The van der Waals surface area contributed by atoms with Gasteiger partial charge in [-0.25, -0.2) is 0 Å². The molecule has 0 spiro atoms. The second kappa shape index (κ2) is 6.80. The molecule has 4 nitrogen and oxygen atoms in total. The number of methoxy groups -OCH3 is 1. The number of nitriles is 1. The summed E-state index contributed by atoms with van der Waals surface area (Å²) < 4.78 is 5.16. The van der Waals surface area contributed by atoms with Crippen LogP contribution in [0.1, 0.15) is 11.1 Å². The van der Waals surface area contributed by atoms with E-state index in [2.05, 4.69) is 28.5 Å². The van der Waals surface area contributed by atoms with E-state index in [4.69, 9.17) is 4.74 Å². The molecule has 3 aromatic rings. The van der Waals surface area contributed by atoms with Crippen LogP contribution in [-0.2, 0) is 6.42 Å². The van der Waals surface area contributed by atoms with Crippen molar-refractivity contribution in [3.63, 3.8) is 0 Å². The smallest absolute Gasteiger partial charge is 0.118 e. The zero-order chi connectivity index (χ0) is 16.1. The van der Waals surface area contributed by atoms with Gasteiger partial charge in [-0.1, -0.05) is 30.3 Å². The summed E-state index contributed by atoms with van der Waals surface area (Å²) in [7, 11) is 1.66. The maximum atomic E-state index is 9.31. The van der Waals surface area contributed by atoms with Crippen LogP contribution in [0.15, 0.2) is 54.7 Å². The molecule has 0 radical (unpaired) electrons. The number of rotatable bonds is 5. The van der Waals surface area contributed by atoms with Crippen molar-refractivity contribution in [1.82, 2.24) is 4.98 Å². The molecule has 1 heterocycles. The highest BCUT2D eigenvalue weighted by Crippen LogP contribution is 2.25. The molecule has 0 fully saturated rings. The quantitative estimate of drug-likeness (QED) is 0.779. The maximum Gasteiger partial charge on any atom is 0.118 e. The Balaban J connectivity index is 1.77. The van der Waals surface area contributed by atoms with Gasteiger partial charge in [0.05, 0.1) is 23.9 Å². The van der Waals surface area contributed by atoms with E-state index in [1.165, 1.54) is 5.56 Å². The van der Waals surface area contributed by atoms with Crippen LogP contribution in [0.4, 0.5) is 5.69 Å². The van der Waals surface area contributed by atoms with Crippen LogP contribution in [0.5, 0.6) is 5.75 Å². The van der Waals surface area contributed by atoms with Crippen molar-refractivity contribution < 1.29 is 4.74 Å². The highest BCUT2D eigenvalue weighted by molar-refractivity contribution is 5.93. The van der Waals surface area contributed by atoms with Crippen molar-refractivity contribution in [3.8, 4) is 11.8 Å². The molecule has 0 saturated carbocycles. The van der Waals surface area contributed by atoms with Gasteiger partial charge in [0.2, 0.25) is 0 Å². The third kappa shape index (κ3) is 3.24. The van der Waals surface area contributed by atoms with Crippen molar-refractivity contribution in [3.05, 3.63) is 65.9 Å². The number of anilines is 1. The van der Waals surface area contributed by atoms with Gasteiger partial charge in [0, 0.05) is 18.1 Å². The lowest BCUT2D eigenvalue weighted by Crippen LogP contribution is -2.07. The number of benzene rings is 2. The molecule has 0 saturated heterocycles. The van der Waals surface area contributed by atoms with Crippen LogP contribution < -0.4 is 10.1 Å². The van der Waals surface area contributed by atoms with Crippen LogP contribution >= 0.6 is 0 Å². The van der Waals surface area contributed by atoms with Gasteiger partial charge in [0.1, 0.15) is 11.8 Å². The summed E-state index contributed by atoms with van der Waals surface area (Å²) in [6.07, 6.45) is 2.49. The monoisotopic (exact) mass is 303 g/mol. The van der Waals surface area contributed by atoms with E-state index in [1.54, 1.807) is 13.3 Å². The first-order valence-electron chi connectivity index (χ1n) is 7.46. The molecular formula is C19H17N3O. The minimum Gasteiger partial charge on any atom is -0.497 e. The topological polar surface area (TPSA) is 57.9 Å². The third-order valence-electron chi connectivity index (χ3n) is 3.77. The fraction of sp³-hybridized carbons (Fsp3) is 0.158. The van der Waals surface area contributed by atoms with Crippen LogP contribution in [0.25, 0.3) is 10.9 Å². The number of hydrogen-bond donors (Lipinski definition) is 1. The summed E-state index contributed by atoms with van der Waals surface area (Å²) in [5.41, 5.74) is 3.53. The number of ether oxygens (including phenoxy) is 1. The third-order valence-corrected chi connectivity index (χ3v) is 3.77. The Morgan fingerprint density at radius 1 is 1.13 bits per heavy atom. The first kappa shape index (κ1) is 14.9. The zero-order valence-electron chi connectivity index (χ0n) is 12.9.